The molecule has 120 valence electrons. The van der Waals surface area contributed by atoms with Crippen LogP contribution in [0.3, 0.4) is 0 Å². The molecule has 0 aliphatic heterocycles. The van der Waals surface area contributed by atoms with Crippen LogP contribution in [0.15, 0.2) is 42.5 Å². The fourth-order valence-electron chi connectivity index (χ4n) is 3.15. The normalized spacial score (nSPS) is 11.3. The average molecular weight is 306 g/mol. The van der Waals surface area contributed by atoms with Crippen LogP contribution in [-0.2, 0) is 6.42 Å². The van der Waals surface area contributed by atoms with Gasteiger partial charge in [-0.3, -0.25) is 0 Å². The molecule has 0 aliphatic carbocycles. The Labute approximate surface area is 138 Å². The fraction of sp³-hybridized carbons (Fsp3) is 0.381. The molecule has 0 saturated heterocycles. The molecule has 0 unspecified atom stereocenters. The molecule has 0 bridgehead atoms. The highest BCUT2D eigenvalue weighted by Crippen LogP contribution is 2.23. The molecule has 0 atom stereocenters. The Kier molecular flexibility index (Phi) is 5.12. The van der Waals surface area contributed by atoms with E-state index in [4.69, 9.17) is 10.7 Å². The summed E-state index contributed by atoms with van der Waals surface area (Å²) in [5.74, 6) is 0. The van der Waals surface area contributed by atoms with Gasteiger partial charge in [-0.05, 0) is 42.7 Å². The van der Waals surface area contributed by atoms with Crippen molar-refractivity contribution in [3.05, 3.63) is 48.0 Å². The summed E-state index contributed by atoms with van der Waals surface area (Å²) in [6.07, 6.45) is 9.19. The number of anilines is 1. The van der Waals surface area contributed by atoms with E-state index in [1.54, 1.807) is 0 Å². The van der Waals surface area contributed by atoms with Crippen LogP contribution in [0, 0.1) is 0 Å². The van der Waals surface area contributed by atoms with E-state index in [0.29, 0.717) is 0 Å². The molecule has 0 fully saturated rings. The second-order valence-electron chi connectivity index (χ2n) is 6.49. The summed E-state index contributed by atoms with van der Waals surface area (Å²) < 4.78 is 0. The number of benzene rings is 2. The molecule has 0 saturated carbocycles. The van der Waals surface area contributed by atoms with E-state index in [1.165, 1.54) is 49.5 Å². The zero-order valence-corrected chi connectivity index (χ0v) is 14.0. The van der Waals surface area contributed by atoms with Crippen molar-refractivity contribution in [3.8, 4) is 0 Å². The first kappa shape index (κ1) is 15.8. The maximum Gasteiger partial charge on any atom is 0.0730 e. The Morgan fingerprint density at radius 1 is 0.783 bits per heavy atom. The SMILES string of the molecule is CCCCCCCCc1ccc2cc3ccc(N)cc3nc2c1. The summed E-state index contributed by atoms with van der Waals surface area (Å²) >= 11 is 0. The van der Waals surface area contributed by atoms with Crippen molar-refractivity contribution in [2.24, 2.45) is 0 Å². The van der Waals surface area contributed by atoms with E-state index in [2.05, 4.69) is 31.2 Å². The number of aryl methyl sites for hydroxylation is 1. The van der Waals surface area contributed by atoms with Gasteiger partial charge in [0, 0.05) is 16.5 Å². The highest BCUT2D eigenvalue weighted by molar-refractivity contribution is 5.94. The number of unbranched alkanes of at least 4 members (excludes halogenated alkanes) is 5. The van der Waals surface area contributed by atoms with E-state index >= 15 is 0 Å². The Bertz CT molecular complexity index is 792. The Morgan fingerprint density at radius 3 is 2.30 bits per heavy atom. The van der Waals surface area contributed by atoms with Gasteiger partial charge in [0.2, 0.25) is 0 Å². The quantitative estimate of drug-likeness (QED) is 0.336. The monoisotopic (exact) mass is 306 g/mol. The van der Waals surface area contributed by atoms with Crippen molar-refractivity contribution in [2.75, 3.05) is 5.73 Å². The number of hydrogen-bond donors (Lipinski definition) is 1. The van der Waals surface area contributed by atoms with Gasteiger partial charge in [-0.1, -0.05) is 57.2 Å². The molecule has 3 rings (SSSR count). The zero-order chi connectivity index (χ0) is 16.1. The lowest BCUT2D eigenvalue weighted by atomic mass is 10.0. The van der Waals surface area contributed by atoms with Gasteiger partial charge in [0.25, 0.3) is 0 Å². The van der Waals surface area contributed by atoms with E-state index in [1.807, 2.05) is 18.2 Å². The molecule has 2 nitrogen and oxygen atoms in total. The van der Waals surface area contributed by atoms with Crippen molar-refractivity contribution in [3.63, 3.8) is 0 Å². The molecule has 1 aromatic heterocycles. The van der Waals surface area contributed by atoms with Crippen molar-refractivity contribution in [2.45, 2.75) is 51.9 Å². The minimum absolute atomic E-state index is 0.771. The van der Waals surface area contributed by atoms with E-state index in [9.17, 15) is 0 Å². The third-order valence-corrected chi connectivity index (χ3v) is 4.52. The van der Waals surface area contributed by atoms with E-state index in [0.717, 1.165) is 28.5 Å². The van der Waals surface area contributed by atoms with Gasteiger partial charge >= 0.3 is 0 Å². The highest BCUT2D eigenvalue weighted by Gasteiger charge is 2.02. The molecule has 1 heterocycles. The number of aromatic nitrogens is 1. The molecular weight excluding hydrogens is 280 g/mol. The summed E-state index contributed by atoms with van der Waals surface area (Å²) in [7, 11) is 0. The molecule has 0 radical (unpaired) electrons. The van der Waals surface area contributed by atoms with Gasteiger partial charge in [0.1, 0.15) is 0 Å². The van der Waals surface area contributed by atoms with Crippen LogP contribution in [0.2, 0.25) is 0 Å². The van der Waals surface area contributed by atoms with Crippen molar-refractivity contribution < 1.29 is 0 Å². The van der Waals surface area contributed by atoms with Gasteiger partial charge < -0.3 is 5.73 Å². The summed E-state index contributed by atoms with van der Waals surface area (Å²) in [6, 6.07) is 14.8. The minimum atomic E-state index is 0.771. The lowest BCUT2D eigenvalue weighted by Gasteiger charge is -2.06. The van der Waals surface area contributed by atoms with Crippen LogP contribution >= 0.6 is 0 Å². The van der Waals surface area contributed by atoms with Crippen LogP contribution in [0.1, 0.15) is 51.0 Å². The molecule has 3 aromatic rings. The van der Waals surface area contributed by atoms with Gasteiger partial charge in [-0.25, -0.2) is 4.98 Å². The first-order chi connectivity index (χ1) is 11.3. The first-order valence-corrected chi connectivity index (χ1v) is 8.85. The van der Waals surface area contributed by atoms with Crippen molar-refractivity contribution >= 4 is 27.5 Å². The fourth-order valence-corrected chi connectivity index (χ4v) is 3.15. The molecule has 2 N–H and O–H groups in total. The van der Waals surface area contributed by atoms with E-state index < -0.39 is 0 Å². The van der Waals surface area contributed by atoms with E-state index in [-0.39, 0.29) is 0 Å². The lowest BCUT2D eigenvalue weighted by Crippen LogP contribution is -1.90. The number of nitrogens with zero attached hydrogens (tertiary/aromatic N) is 1. The smallest absolute Gasteiger partial charge is 0.0730 e. The van der Waals surface area contributed by atoms with Gasteiger partial charge in [-0.15, -0.1) is 0 Å². The summed E-state index contributed by atoms with van der Waals surface area (Å²) in [5, 5.41) is 2.35. The third kappa shape index (κ3) is 4.01. The Hall–Kier alpha value is -2.09. The molecule has 23 heavy (non-hydrogen) atoms. The number of fused-ring (bicyclic) bond motifs is 2. The topological polar surface area (TPSA) is 38.9 Å². The molecule has 0 amide bonds. The van der Waals surface area contributed by atoms with Crippen LogP contribution < -0.4 is 5.73 Å². The Morgan fingerprint density at radius 2 is 1.48 bits per heavy atom. The summed E-state index contributed by atoms with van der Waals surface area (Å²) in [5.41, 5.74) is 10.1. The zero-order valence-electron chi connectivity index (χ0n) is 14.0. The van der Waals surface area contributed by atoms with Gasteiger partial charge in [-0.2, -0.15) is 0 Å². The molecule has 0 aliphatic rings. The largest absolute Gasteiger partial charge is 0.399 e. The first-order valence-electron chi connectivity index (χ1n) is 8.85. The average Bonchev–Trinajstić information content (AvgIpc) is 2.56. The standard InChI is InChI=1S/C21H26N2/c1-2-3-4-5-6-7-8-16-9-10-17-14-18-11-12-19(22)15-21(18)23-20(17)13-16/h9-15H,2-8,22H2,1H3. The number of hydrogen-bond acceptors (Lipinski definition) is 2. The summed E-state index contributed by atoms with van der Waals surface area (Å²) in [6.45, 7) is 2.26. The summed E-state index contributed by atoms with van der Waals surface area (Å²) in [4.78, 5) is 4.79. The number of rotatable bonds is 7. The van der Waals surface area contributed by atoms with Crippen LogP contribution in [0.5, 0.6) is 0 Å². The van der Waals surface area contributed by atoms with Gasteiger partial charge in [0.05, 0.1) is 11.0 Å². The lowest BCUT2D eigenvalue weighted by molar-refractivity contribution is 0.607. The molecular formula is C21H26N2. The van der Waals surface area contributed by atoms with Crippen molar-refractivity contribution in [1.82, 2.24) is 4.98 Å². The molecule has 2 heteroatoms. The predicted octanol–water partition coefficient (Wildman–Crippen LogP) is 5.87. The predicted molar refractivity (Wildman–Crippen MR) is 101 cm³/mol. The maximum atomic E-state index is 5.87. The minimum Gasteiger partial charge on any atom is -0.399 e. The number of pyridine rings is 1. The van der Waals surface area contributed by atoms with Crippen LogP contribution in [-0.4, -0.2) is 4.98 Å². The van der Waals surface area contributed by atoms with Crippen LogP contribution in [0.25, 0.3) is 21.8 Å². The molecule has 2 aromatic carbocycles. The number of nitrogen functional groups attached to an aromatic ring is 1. The Balaban J connectivity index is 1.71. The van der Waals surface area contributed by atoms with Gasteiger partial charge in [0.15, 0.2) is 0 Å². The number of nitrogens with two attached hydrogens (primary N) is 1. The highest BCUT2D eigenvalue weighted by atomic mass is 14.7. The van der Waals surface area contributed by atoms with Crippen LogP contribution in [0.4, 0.5) is 5.69 Å². The van der Waals surface area contributed by atoms with Crippen molar-refractivity contribution in [1.29, 1.82) is 0 Å². The third-order valence-electron chi connectivity index (χ3n) is 4.52. The molecule has 0 spiro atoms. The maximum absolute atomic E-state index is 5.87. The second kappa shape index (κ2) is 7.45. The second-order valence-corrected chi connectivity index (χ2v) is 6.49.